The van der Waals surface area contributed by atoms with E-state index in [0.29, 0.717) is 10.9 Å². The molecule has 0 aliphatic rings. The van der Waals surface area contributed by atoms with Gasteiger partial charge in [0.25, 0.3) is 0 Å². The average Bonchev–Trinajstić information content (AvgIpc) is 2.41. The standard InChI is InChI=1S/C14H15N3OS/c1-10-4-5-12(11(2)8-10)17-13(18)9-19-14-15-6-3-7-16-14/h3-8H,9H2,1-2H3,(H,17,18). The van der Waals surface area contributed by atoms with E-state index in [1.165, 1.54) is 17.3 Å². The van der Waals surface area contributed by atoms with Gasteiger partial charge in [-0.3, -0.25) is 4.79 Å². The molecule has 0 saturated carbocycles. The number of aromatic nitrogens is 2. The number of aryl methyl sites for hydroxylation is 2. The van der Waals surface area contributed by atoms with E-state index in [1.807, 2.05) is 32.0 Å². The summed E-state index contributed by atoms with van der Waals surface area (Å²) < 4.78 is 0. The van der Waals surface area contributed by atoms with Crippen molar-refractivity contribution in [3.8, 4) is 0 Å². The highest BCUT2D eigenvalue weighted by atomic mass is 32.2. The van der Waals surface area contributed by atoms with Gasteiger partial charge in [-0.05, 0) is 31.5 Å². The van der Waals surface area contributed by atoms with Crippen LogP contribution >= 0.6 is 11.8 Å². The Labute approximate surface area is 116 Å². The van der Waals surface area contributed by atoms with Crippen LogP contribution in [-0.4, -0.2) is 21.6 Å². The molecule has 1 amide bonds. The number of rotatable bonds is 4. The molecule has 98 valence electrons. The van der Waals surface area contributed by atoms with E-state index in [1.54, 1.807) is 18.5 Å². The fraction of sp³-hybridized carbons (Fsp3) is 0.214. The molecule has 2 aromatic rings. The van der Waals surface area contributed by atoms with Crippen LogP contribution in [0, 0.1) is 13.8 Å². The van der Waals surface area contributed by atoms with Crippen molar-refractivity contribution in [2.45, 2.75) is 19.0 Å². The molecule has 0 bridgehead atoms. The number of carbonyl (C=O) groups excluding carboxylic acids is 1. The first-order chi connectivity index (χ1) is 9.15. The molecule has 0 atom stereocenters. The largest absolute Gasteiger partial charge is 0.325 e. The van der Waals surface area contributed by atoms with Gasteiger partial charge in [-0.2, -0.15) is 0 Å². The second-order valence-electron chi connectivity index (χ2n) is 4.19. The number of anilines is 1. The van der Waals surface area contributed by atoms with Gasteiger partial charge in [0.05, 0.1) is 5.75 Å². The van der Waals surface area contributed by atoms with Gasteiger partial charge in [0.15, 0.2) is 5.16 Å². The van der Waals surface area contributed by atoms with Crippen LogP contribution in [0.2, 0.25) is 0 Å². The summed E-state index contributed by atoms with van der Waals surface area (Å²) in [5.41, 5.74) is 3.10. The maximum absolute atomic E-state index is 11.8. The van der Waals surface area contributed by atoms with Crippen molar-refractivity contribution >= 4 is 23.4 Å². The van der Waals surface area contributed by atoms with Gasteiger partial charge in [0.2, 0.25) is 5.91 Å². The quantitative estimate of drug-likeness (QED) is 0.687. The van der Waals surface area contributed by atoms with Gasteiger partial charge >= 0.3 is 0 Å². The van der Waals surface area contributed by atoms with Gasteiger partial charge in [0.1, 0.15) is 0 Å². The predicted octanol–water partition coefficient (Wildman–Crippen LogP) is 2.82. The SMILES string of the molecule is Cc1ccc(NC(=O)CSc2ncccn2)c(C)c1. The Morgan fingerprint density at radius 1 is 1.26 bits per heavy atom. The topological polar surface area (TPSA) is 54.9 Å². The fourth-order valence-corrected chi connectivity index (χ4v) is 2.23. The molecule has 0 saturated heterocycles. The highest BCUT2D eigenvalue weighted by Crippen LogP contribution is 2.17. The molecule has 1 heterocycles. The molecule has 0 radical (unpaired) electrons. The smallest absolute Gasteiger partial charge is 0.234 e. The molecule has 1 aromatic heterocycles. The van der Waals surface area contributed by atoms with Gasteiger partial charge in [0, 0.05) is 18.1 Å². The molecule has 5 heteroatoms. The van der Waals surface area contributed by atoms with E-state index >= 15 is 0 Å². The Morgan fingerprint density at radius 3 is 2.68 bits per heavy atom. The van der Waals surface area contributed by atoms with E-state index in [0.717, 1.165) is 11.3 Å². The third kappa shape index (κ3) is 4.06. The summed E-state index contributed by atoms with van der Waals surface area (Å²) in [6.45, 7) is 4.01. The molecular weight excluding hydrogens is 258 g/mol. The second-order valence-corrected chi connectivity index (χ2v) is 5.13. The average molecular weight is 273 g/mol. The summed E-state index contributed by atoms with van der Waals surface area (Å²) in [5.74, 6) is 0.251. The molecule has 4 nitrogen and oxygen atoms in total. The number of amides is 1. The van der Waals surface area contributed by atoms with Gasteiger partial charge in [-0.1, -0.05) is 29.5 Å². The minimum atomic E-state index is -0.0515. The molecular formula is C14H15N3OS. The number of hydrogen-bond donors (Lipinski definition) is 1. The molecule has 0 spiro atoms. The van der Waals surface area contributed by atoms with Crippen LogP contribution in [-0.2, 0) is 4.79 Å². The molecule has 1 aromatic carbocycles. The lowest BCUT2D eigenvalue weighted by Crippen LogP contribution is -2.15. The summed E-state index contributed by atoms with van der Waals surface area (Å²) in [7, 11) is 0. The van der Waals surface area contributed by atoms with Crippen LogP contribution in [0.15, 0.2) is 41.8 Å². The number of carbonyl (C=O) groups is 1. The third-order valence-electron chi connectivity index (χ3n) is 2.53. The van der Waals surface area contributed by atoms with Crippen molar-refractivity contribution in [2.24, 2.45) is 0 Å². The Balaban J connectivity index is 1.91. The molecule has 0 aliphatic heterocycles. The molecule has 19 heavy (non-hydrogen) atoms. The normalized spacial score (nSPS) is 10.2. The molecule has 2 rings (SSSR count). The fourth-order valence-electron chi connectivity index (χ4n) is 1.63. The van der Waals surface area contributed by atoms with Gasteiger partial charge < -0.3 is 5.32 Å². The Hall–Kier alpha value is -1.88. The second kappa shape index (κ2) is 6.33. The Morgan fingerprint density at radius 2 is 2.00 bits per heavy atom. The molecule has 1 N–H and O–H groups in total. The van der Waals surface area contributed by atoms with Crippen LogP contribution in [0.25, 0.3) is 0 Å². The highest BCUT2D eigenvalue weighted by molar-refractivity contribution is 7.99. The predicted molar refractivity (Wildman–Crippen MR) is 77.3 cm³/mol. The van der Waals surface area contributed by atoms with Crippen LogP contribution < -0.4 is 5.32 Å². The maximum atomic E-state index is 11.8. The van der Waals surface area contributed by atoms with Crippen LogP contribution in [0.3, 0.4) is 0 Å². The summed E-state index contributed by atoms with van der Waals surface area (Å²) >= 11 is 1.32. The van der Waals surface area contributed by atoms with Crippen LogP contribution in [0.4, 0.5) is 5.69 Å². The first-order valence-corrected chi connectivity index (χ1v) is 6.90. The van der Waals surface area contributed by atoms with E-state index in [4.69, 9.17) is 0 Å². The lowest BCUT2D eigenvalue weighted by molar-refractivity contribution is -0.113. The lowest BCUT2D eigenvalue weighted by Gasteiger charge is -2.08. The monoisotopic (exact) mass is 273 g/mol. The number of hydrogen-bond acceptors (Lipinski definition) is 4. The summed E-state index contributed by atoms with van der Waals surface area (Å²) in [6, 6.07) is 7.70. The highest BCUT2D eigenvalue weighted by Gasteiger charge is 2.06. The summed E-state index contributed by atoms with van der Waals surface area (Å²) in [6.07, 6.45) is 3.33. The van der Waals surface area contributed by atoms with E-state index in [9.17, 15) is 4.79 Å². The number of thioether (sulfide) groups is 1. The van der Waals surface area contributed by atoms with Crippen molar-refractivity contribution < 1.29 is 4.79 Å². The molecule has 0 fully saturated rings. The van der Waals surface area contributed by atoms with Gasteiger partial charge in [-0.25, -0.2) is 9.97 Å². The number of nitrogens with one attached hydrogen (secondary N) is 1. The number of benzene rings is 1. The van der Waals surface area contributed by atoms with Crippen molar-refractivity contribution in [3.63, 3.8) is 0 Å². The first-order valence-electron chi connectivity index (χ1n) is 5.92. The summed E-state index contributed by atoms with van der Waals surface area (Å²) in [4.78, 5) is 20.0. The zero-order chi connectivity index (χ0) is 13.7. The molecule has 0 aliphatic carbocycles. The number of nitrogens with zero attached hydrogens (tertiary/aromatic N) is 2. The lowest BCUT2D eigenvalue weighted by atomic mass is 10.1. The van der Waals surface area contributed by atoms with E-state index in [2.05, 4.69) is 15.3 Å². The van der Waals surface area contributed by atoms with Crippen molar-refractivity contribution in [1.82, 2.24) is 9.97 Å². The van der Waals surface area contributed by atoms with E-state index in [-0.39, 0.29) is 5.91 Å². The Bertz CT molecular complexity index is 572. The van der Waals surface area contributed by atoms with Crippen molar-refractivity contribution in [1.29, 1.82) is 0 Å². The third-order valence-corrected chi connectivity index (χ3v) is 3.41. The van der Waals surface area contributed by atoms with Gasteiger partial charge in [-0.15, -0.1) is 0 Å². The zero-order valence-electron chi connectivity index (χ0n) is 10.9. The molecule has 0 unspecified atom stereocenters. The zero-order valence-corrected chi connectivity index (χ0v) is 11.7. The summed E-state index contributed by atoms with van der Waals surface area (Å²) in [5, 5.41) is 3.50. The van der Waals surface area contributed by atoms with Crippen molar-refractivity contribution in [2.75, 3.05) is 11.1 Å². The minimum Gasteiger partial charge on any atom is -0.325 e. The maximum Gasteiger partial charge on any atom is 0.234 e. The van der Waals surface area contributed by atoms with Crippen molar-refractivity contribution in [3.05, 3.63) is 47.8 Å². The van der Waals surface area contributed by atoms with E-state index < -0.39 is 0 Å². The van der Waals surface area contributed by atoms with Crippen LogP contribution in [0.5, 0.6) is 0 Å². The van der Waals surface area contributed by atoms with Crippen LogP contribution in [0.1, 0.15) is 11.1 Å². The Kier molecular flexibility index (Phi) is 4.52. The first kappa shape index (κ1) is 13.5. The minimum absolute atomic E-state index is 0.0515.